The highest BCUT2D eigenvalue weighted by Crippen LogP contribution is 2.09. The number of nitrogens with zero attached hydrogens (tertiary/aromatic N) is 1. The SMILES string of the molecule is CCCCNC(=O)c1cc([O])on1. The van der Waals surface area contributed by atoms with Gasteiger partial charge in [0.05, 0.1) is 6.07 Å². The Morgan fingerprint density at radius 1 is 1.69 bits per heavy atom. The molecule has 0 fully saturated rings. The van der Waals surface area contributed by atoms with Crippen LogP contribution in [0.15, 0.2) is 10.6 Å². The average Bonchev–Trinajstić information content (AvgIpc) is 2.52. The molecule has 0 spiro atoms. The number of carbonyl (C=O) groups is 1. The van der Waals surface area contributed by atoms with Gasteiger partial charge in [0.15, 0.2) is 5.69 Å². The second kappa shape index (κ2) is 4.49. The molecule has 0 aliphatic heterocycles. The molecule has 1 radical (unpaired) electrons. The van der Waals surface area contributed by atoms with Crippen LogP contribution in [0, 0.1) is 0 Å². The third-order valence-electron chi connectivity index (χ3n) is 1.54. The third-order valence-corrected chi connectivity index (χ3v) is 1.54. The molecule has 0 aromatic carbocycles. The maximum absolute atomic E-state index is 11.2. The maximum Gasteiger partial charge on any atom is 0.361 e. The standard InChI is InChI=1S/C8H11N2O3/c1-2-3-4-9-8(12)6-5-7(11)13-10-6/h5H,2-4H2,1H3,(H,9,12). The lowest BCUT2D eigenvalue weighted by Crippen LogP contribution is -2.24. The summed E-state index contributed by atoms with van der Waals surface area (Å²) in [5.41, 5.74) is 0.0427. The van der Waals surface area contributed by atoms with Gasteiger partial charge in [-0.3, -0.25) is 4.79 Å². The second-order valence-corrected chi connectivity index (χ2v) is 2.64. The van der Waals surface area contributed by atoms with E-state index in [2.05, 4.69) is 15.0 Å². The summed E-state index contributed by atoms with van der Waals surface area (Å²) in [6, 6.07) is 1.07. The van der Waals surface area contributed by atoms with Gasteiger partial charge in [0, 0.05) is 6.54 Å². The predicted octanol–water partition coefficient (Wildman–Crippen LogP) is 1.35. The number of aromatic nitrogens is 1. The lowest BCUT2D eigenvalue weighted by atomic mass is 10.3. The molecule has 1 N–H and O–H groups in total. The summed E-state index contributed by atoms with van der Waals surface area (Å²) in [7, 11) is 0. The van der Waals surface area contributed by atoms with E-state index >= 15 is 0 Å². The fourth-order valence-electron chi connectivity index (χ4n) is 0.835. The first kappa shape index (κ1) is 9.57. The van der Waals surface area contributed by atoms with E-state index in [1.165, 1.54) is 0 Å². The highest BCUT2D eigenvalue weighted by Gasteiger charge is 2.11. The minimum Gasteiger partial charge on any atom is -0.351 e. The lowest BCUT2D eigenvalue weighted by molar-refractivity contribution is 0.0943. The van der Waals surface area contributed by atoms with Crippen LogP contribution in [0.1, 0.15) is 30.3 Å². The topological polar surface area (TPSA) is 75.0 Å². The fraction of sp³-hybridized carbons (Fsp3) is 0.500. The molecule has 0 bridgehead atoms. The zero-order valence-corrected chi connectivity index (χ0v) is 7.37. The van der Waals surface area contributed by atoms with Crippen molar-refractivity contribution in [2.45, 2.75) is 19.8 Å². The van der Waals surface area contributed by atoms with Gasteiger partial charge in [-0.15, -0.1) is 0 Å². The summed E-state index contributed by atoms with van der Waals surface area (Å²) in [4.78, 5) is 11.2. The summed E-state index contributed by atoms with van der Waals surface area (Å²) in [5.74, 6) is -0.958. The Bertz CT molecular complexity index is 283. The number of hydrogen-bond acceptors (Lipinski definition) is 3. The number of carbonyl (C=O) groups excluding carboxylic acids is 1. The van der Waals surface area contributed by atoms with Crippen LogP contribution in [0.5, 0.6) is 5.95 Å². The van der Waals surface area contributed by atoms with Crippen LogP contribution in [0.2, 0.25) is 0 Å². The van der Waals surface area contributed by atoms with Crippen molar-refractivity contribution in [3.8, 4) is 5.95 Å². The molecule has 0 atom stereocenters. The van der Waals surface area contributed by atoms with Crippen LogP contribution in [-0.2, 0) is 5.11 Å². The van der Waals surface area contributed by atoms with E-state index in [4.69, 9.17) is 0 Å². The number of hydrogen-bond donors (Lipinski definition) is 1. The molecule has 5 heteroatoms. The molecule has 0 aliphatic rings. The Balaban J connectivity index is 2.40. The van der Waals surface area contributed by atoms with Gasteiger partial charge in [0.2, 0.25) is 0 Å². The van der Waals surface area contributed by atoms with Crippen LogP contribution in [0.4, 0.5) is 0 Å². The van der Waals surface area contributed by atoms with Crippen LogP contribution < -0.4 is 5.32 Å². The minimum absolute atomic E-state index is 0.0427. The molecule has 71 valence electrons. The zero-order chi connectivity index (χ0) is 9.68. The molecule has 0 aliphatic carbocycles. The summed E-state index contributed by atoms with van der Waals surface area (Å²) in [6.07, 6.45) is 1.92. The molecular weight excluding hydrogens is 172 g/mol. The Kier molecular flexibility index (Phi) is 3.31. The number of rotatable bonds is 4. The molecule has 0 saturated carbocycles. The first-order valence-corrected chi connectivity index (χ1v) is 4.16. The normalized spacial score (nSPS) is 9.92. The van der Waals surface area contributed by atoms with Gasteiger partial charge in [-0.05, 0) is 6.42 Å². The van der Waals surface area contributed by atoms with Crippen LogP contribution >= 0.6 is 0 Å². The van der Waals surface area contributed by atoms with Crippen molar-refractivity contribution in [3.05, 3.63) is 11.8 Å². The molecule has 1 heterocycles. The summed E-state index contributed by atoms with van der Waals surface area (Å²) >= 11 is 0. The van der Waals surface area contributed by atoms with Gasteiger partial charge in [-0.25, -0.2) is 5.11 Å². The highest BCUT2D eigenvalue weighted by atomic mass is 16.5. The Morgan fingerprint density at radius 2 is 2.46 bits per heavy atom. The molecule has 5 nitrogen and oxygen atoms in total. The zero-order valence-electron chi connectivity index (χ0n) is 7.37. The van der Waals surface area contributed by atoms with E-state index in [1.807, 2.05) is 6.92 Å². The van der Waals surface area contributed by atoms with Gasteiger partial charge < -0.3 is 9.84 Å². The van der Waals surface area contributed by atoms with Gasteiger partial charge >= 0.3 is 5.95 Å². The van der Waals surface area contributed by atoms with Crippen molar-refractivity contribution >= 4 is 5.91 Å². The van der Waals surface area contributed by atoms with Gasteiger partial charge in [-0.2, -0.15) is 0 Å². The third kappa shape index (κ3) is 2.77. The Labute approximate surface area is 75.7 Å². The summed E-state index contributed by atoms with van der Waals surface area (Å²) in [5, 5.41) is 16.4. The van der Waals surface area contributed by atoms with Crippen LogP contribution in [0.25, 0.3) is 0 Å². The van der Waals surface area contributed by atoms with E-state index in [-0.39, 0.29) is 11.6 Å². The molecule has 1 rings (SSSR count). The van der Waals surface area contributed by atoms with Crippen molar-refractivity contribution < 1.29 is 14.4 Å². The fourth-order valence-corrected chi connectivity index (χ4v) is 0.835. The number of unbranched alkanes of at least 4 members (excludes halogenated alkanes) is 1. The van der Waals surface area contributed by atoms with Crippen molar-refractivity contribution in [1.29, 1.82) is 0 Å². The maximum atomic E-state index is 11.2. The lowest BCUT2D eigenvalue weighted by Gasteiger charge is -1.99. The second-order valence-electron chi connectivity index (χ2n) is 2.64. The smallest absolute Gasteiger partial charge is 0.351 e. The van der Waals surface area contributed by atoms with Crippen molar-refractivity contribution in [1.82, 2.24) is 10.5 Å². The molecule has 1 aromatic rings. The van der Waals surface area contributed by atoms with E-state index in [0.29, 0.717) is 6.54 Å². The molecule has 1 aromatic heterocycles. The van der Waals surface area contributed by atoms with Crippen molar-refractivity contribution in [2.75, 3.05) is 6.54 Å². The predicted molar refractivity (Wildman–Crippen MR) is 43.9 cm³/mol. The van der Waals surface area contributed by atoms with Crippen LogP contribution in [0.3, 0.4) is 0 Å². The summed E-state index contributed by atoms with van der Waals surface area (Å²) in [6.45, 7) is 2.62. The van der Waals surface area contributed by atoms with Crippen LogP contribution in [-0.4, -0.2) is 17.6 Å². The molecule has 0 unspecified atom stereocenters. The van der Waals surface area contributed by atoms with E-state index in [0.717, 1.165) is 18.9 Å². The Hall–Kier alpha value is -1.52. The summed E-state index contributed by atoms with van der Waals surface area (Å²) < 4.78 is 4.23. The average molecular weight is 183 g/mol. The Morgan fingerprint density at radius 3 is 3.00 bits per heavy atom. The monoisotopic (exact) mass is 183 g/mol. The first-order chi connectivity index (χ1) is 6.24. The largest absolute Gasteiger partial charge is 0.361 e. The number of amides is 1. The number of nitrogens with one attached hydrogen (secondary N) is 1. The van der Waals surface area contributed by atoms with E-state index in [1.54, 1.807) is 0 Å². The molecule has 1 amide bonds. The molecule has 13 heavy (non-hydrogen) atoms. The highest BCUT2D eigenvalue weighted by molar-refractivity contribution is 5.92. The molecule has 0 saturated heterocycles. The quantitative estimate of drug-likeness (QED) is 0.716. The van der Waals surface area contributed by atoms with Crippen molar-refractivity contribution in [2.24, 2.45) is 0 Å². The van der Waals surface area contributed by atoms with Gasteiger partial charge in [-0.1, -0.05) is 18.5 Å². The van der Waals surface area contributed by atoms with E-state index in [9.17, 15) is 9.90 Å². The van der Waals surface area contributed by atoms with E-state index < -0.39 is 5.95 Å². The van der Waals surface area contributed by atoms with Gasteiger partial charge in [0.1, 0.15) is 0 Å². The first-order valence-electron chi connectivity index (χ1n) is 4.16. The molecular formula is C8H11N2O3. The minimum atomic E-state index is -0.597. The van der Waals surface area contributed by atoms with Gasteiger partial charge in [0.25, 0.3) is 5.91 Å². The van der Waals surface area contributed by atoms with Crippen molar-refractivity contribution in [3.63, 3.8) is 0 Å².